The van der Waals surface area contributed by atoms with Crippen LogP contribution in [0.15, 0.2) is 0 Å². The number of hydrogen-bond donors (Lipinski definition) is 2. The molecule has 0 aromatic heterocycles. The van der Waals surface area contributed by atoms with Crippen molar-refractivity contribution >= 4 is 23.9 Å². The molecule has 13 nitrogen and oxygen atoms in total. The van der Waals surface area contributed by atoms with Gasteiger partial charge in [-0.15, -0.1) is 0 Å². The second kappa shape index (κ2) is 14.8. The highest BCUT2D eigenvalue weighted by molar-refractivity contribution is 5.84. The number of carbonyl (C=O) groups is 4. The van der Waals surface area contributed by atoms with Crippen LogP contribution in [0.4, 0.5) is 4.79 Å². The molecule has 13 heteroatoms. The summed E-state index contributed by atoms with van der Waals surface area (Å²) in [6, 6.07) is -0.261. The van der Waals surface area contributed by atoms with Crippen molar-refractivity contribution in [3.8, 4) is 0 Å². The molecule has 0 aromatic rings. The van der Waals surface area contributed by atoms with Gasteiger partial charge in [-0.3, -0.25) is 14.4 Å². The van der Waals surface area contributed by atoms with Crippen LogP contribution in [0.3, 0.4) is 0 Å². The van der Waals surface area contributed by atoms with Crippen molar-refractivity contribution in [1.29, 1.82) is 0 Å². The number of aliphatic hydroxyl groups is 2. The van der Waals surface area contributed by atoms with Crippen molar-refractivity contribution in [2.45, 2.75) is 136 Å². The quantitative estimate of drug-likeness (QED) is 0.316. The van der Waals surface area contributed by atoms with E-state index in [0.29, 0.717) is 6.42 Å². The smallest absolute Gasteiger partial charge is 0.458 e. The van der Waals surface area contributed by atoms with E-state index in [2.05, 4.69) is 0 Å². The fourth-order valence-corrected chi connectivity index (χ4v) is 7.65. The molecule has 0 bridgehead atoms. The number of Topliss-reactive ketones (excluding diaryl/α,β-unsaturated/α-hetero) is 1. The molecule has 3 rings (SSSR count). The van der Waals surface area contributed by atoms with Gasteiger partial charge >= 0.3 is 18.1 Å². The molecule has 46 heavy (non-hydrogen) atoms. The van der Waals surface area contributed by atoms with Crippen molar-refractivity contribution in [3.63, 3.8) is 0 Å². The van der Waals surface area contributed by atoms with Crippen LogP contribution in [0.1, 0.15) is 81.6 Å². The monoisotopic (exact) mass is 657 g/mol. The molecule has 0 radical (unpaired) electrons. The van der Waals surface area contributed by atoms with E-state index in [1.165, 1.54) is 13.8 Å². The molecule has 2 N–H and O–H groups in total. The molecule has 3 heterocycles. The molecule has 3 aliphatic heterocycles. The van der Waals surface area contributed by atoms with Gasteiger partial charge in [-0.1, -0.05) is 34.6 Å². The molecule has 0 spiro atoms. The summed E-state index contributed by atoms with van der Waals surface area (Å²) in [5.41, 5.74) is -2.62. The minimum absolute atomic E-state index is 0.111. The third-order valence-corrected chi connectivity index (χ3v) is 10.3. The molecule has 0 aliphatic carbocycles. The number of carbonyl (C=O) groups excluding carboxylic acids is 4. The van der Waals surface area contributed by atoms with E-state index in [1.54, 1.807) is 41.5 Å². The summed E-state index contributed by atoms with van der Waals surface area (Å²) < 4.78 is 35.6. The number of likely N-dealkylation sites (N-methyl/N-ethyl adjacent to an activating group) is 1. The third kappa shape index (κ3) is 7.69. The summed E-state index contributed by atoms with van der Waals surface area (Å²) >= 11 is 0. The Hall–Kier alpha value is -2.32. The van der Waals surface area contributed by atoms with E-state index in [0.717, 1.165) is 0 Å². The Kier molecular flexibility index (Phi) is 12.3. The third-order valence-electron chi connectivity index (χ3n) is 10.3. The van der Waals surface area contributed by atoms with Gasteiger partial charge in [0.2, 0.25) is 0 Å². The number of ether oxygens (including phenoxy) is 6. The van der Waals surface area contributed by atoms with E-state index < -0.39 is 96.2 Å². The van der Waals surface area contributed by atoms with E-state index in [4.69, 9.17) is 28.4 Å². The summed E-state index contributed by atoms with van der Waals surface area (Å²) in [6.07, 6.45) is -6.59. The molecule has 14 atom stereocenters. The summed E-state index contributed by atoms with van der Waals surface area (Å²) in [5, 5.41) is 22.7. The average molecular weight is 658 g/mol. The second-order valence-corrected chi connectivity index (χ2v) is 14.4. The number of cyclic esters (lactones) is 1. The number of ketones is 1. The van der Waals surface area contributed by atoms with Gasteiger partial charge in [0.1, 0.15) is 11.9 Å². The number of rotatable bonds is 6. The Bertz CT molecular complexity index is 1120. The minimum Gasteiger partial charge on any atom is -0.458 e. The lowest BCUT2D eigenvalue weighted by molar-refractivity contribution is -0.296. The zero-order valence-electron chi connectivity index (χ0n) is 29.2. The molecule has 264 valence electrons. The Balaban J connectivity index is 2.12. The van der Waals surface area contributed by atoms with E-state index in [-0.39, 0.29) is 30.8 Å². The maximum Gasteiger partial charge on any atom is 0.509 e. The van der Waals surface area contributed by atoms with Gasteiger partial charge in [-0.25, -0.2) is 4.79 Å². The number of hydrogen-bond acceptors (Lipinski definition) is 13. The predicted octanol–water partition coefficient (Wildman–Crippen LogP) is 2.86. The molecule has 3 aliphatic rings. The van der Waals surface area contributed by atoms with Crippen LogP contribution >= 0.6 is 0 Å². The molecule has 0 amide bonds. The Morgan fingerprint density at radius 1 is 1.04 bits per heavy atom. The first-order valence-electron chi connectivity index (χ1n) is 16.4. The number of aliphatic hydroxyl groups excluding tert-OH is 2. The summed E-state index contributed by atoms with van der Waals surface area (Å²) in [7, 11) is 3.73. The maximum absolute atomic E-state index is 14.0. The van der Waals surface area contributed by atoms with Gasteiger partial charge in [0.05, 0.1) is 42.8 Å². The van der Waals surface area contributed by atoms with E-state index in [9.17, 15) is 29.4 Å². The largest absolute Gasteiger partial charge is 0.509 e. The van der Waals surface area contributed by atoms with Gasteiger partial charge < -0.3 is 43.5 Å². The van der Waals surface area contributed by atoms with Gasteiger partial charge in [-0.05, 0) is 54.1 Å². The molecule has 3 saturated heterocycles. The minimum atomic E-state index is -1.45. The van der Waals surface area contributed by atoms with Gasteiger partial charge in [0.15, 0.2) is 24.1 Å². The molecular formula is C33H55NO12. The molecule has 3 fully saturated rings. The van der Waals surface area contributed by atoms with Crippen molar-refractivity contribution in [2.24, 2.45) is 29.1 Å². The van der Waals surface area contributed by atoms with E-state index in [1.807, 2.05) is 25.9 Å². The highest BCUT2D eigenvalue weighted by atomic mass is 16.8. The highest BCUT2D eigenvalue weighted by Crippen LogP contribution is 2.44. The van der Waals surface area contributed by atoms with Crippen LogP contribution in [0.5, 0.6) is 0 Å². The highest BCUT2D eigenvalue weighted by Gasteiger charge is 2.59. The lowest BCUT2D eigenvalue weighted by Gasteiger charge is -2.48. The fraction of sp³-hybridized carbons (Fsp3) is 0.879. The number of fused-ring (bicyclic) bond motifs is 1. The van der Waals surface area contributed by atoms with Gasteiger partial charge in [0, 0.05) is 24.2 Å². The topological polar surface area (TPSA) is 167 Å². The van der Waals surface area contributed by atoms with Crippen LogP contribution in [0.2, 0.25) is 0 Å². The molecule has 0 saturated carbocycles. The first-order valence-corrected chi connectivity index (χ1v) is 16.4. The van der Waals surface area contributed by atoms with Crippen molar-refractivity contribution < 1.29 is 57.8 Å². The first kappa shape index (κ1) is 38.1. The Morgan fingerprint density at radius 2 is 1.67 bits per heavy atom. The van der Waals surface area contributed by atoms with E-state index >= 15 is 0 Å². The first-order chi connectivity index (χ1) is 21.3. The number of esters is 2. The molecular weight excluding hydrogens is 602 g/mol. The zero-order valence-corrected chi connectivity index (χ0v) is 29.2. The molecule has 0 aromatic carbocycles. The maximum atomic E-state index is 14.0. The second-order valence-electron chi connectivity index (χ2n) is 14.4. The predicted molar refractivity (Wildman–Crippen MR) is 164 cm³/mol. The Morgan fingerprint density at radius 3 is 2.22 bits per heavy atom. The molecule has 1 unspecified atom stereocenters. The Labute approximate surface area is 272 Å². The van der Waals surface area contributed by atoms with Crippen LogP contribution in [0.25, 0.3) is 0 Å². The zero-order chi connectivity index (χ0) is 34.9. The van der Waals surface area contributed by atoms with Gasteiger partial charge in [-0.2, -0.15) is 0 Å². The summed E-state index contributed by atoms with van der Waals surface area (Å²) in [6.45, 7) is 14.4. The van der Waals surface area contributed by atoms with Crippen molar-refractivity contribution in [3.05, 3.63) is 0 Å². The summed E-state index contributed by atoms with van der Waals surface area (Å²) in [4.78, 5) is 54.1. The number of nitrogens with zero attached hydrogens (tertiary/aromatic N) is 1. The van der Waals surface area contributed by atoms with Gasteiger partial charge in [0.25, 0.3) is 0 Å². The van der Waals surface area contributed by atoms with Crippen LogP contribution in [-0.4, -0.2) is 114 Å². The van der Waals surface area contributed by atoms with Crippen LogP contribution in [-0.2, 0) is 42.8 Å². The summed E-state index contributed by atoms with van der Waals surface area (Å²) in [5.74, 6) is -4.90. The normalized spacial score (nSPS) is 44.4. The lowest BCUT2D eigenvalue weighted by Crippen LogP contribution is -2.59. The van der Waals surface area contributed by atoms with Crippen LogP contribution < -0.4 is 0 Å². The van der Waals surface area contributed by atoms with Crippen molar-refractivity contribution in [1.82, 2.24) is 4.90 Å². The fourth-order valence-electron chi connectivity index (χ4n) is 7.65. The lowest BCUT2D eigenvalue weighted by atomic mass is 9.68. The SMILES string of the molecule is CC[C@H]1OC(=O)[C@H](C)[C@@H](O)[C@H](C)[C@@H](OC2O[C@H](C)C[C@H](N(C)C)[C@H]2OC(C)=O)[C@](C)(CO)C[C@@H](C)C(=O)[C@H](C)[C@H]2OC(=O)O[C@@]21C. The van der Waals surface area contributed by atoms with Crippen molar-refractivity contribution in [2.75, 3.05) is 20.7 Å². The van der Waals surface area contributed by atoms with Crippen LogP contribution in [0, 0.1) is 29.1 Å². The average Bonchev–Trinajstić information content (AvgIpc) is 3.30. The standard InChI is InChI=1S/C33H55NO12/c1-12-23-33(9)28(45-31(40)46-33)18(4)24(37)16(2)14-32(8,15-35)27(19(5)25(38)20(6)29(39)43-23)44-30-26(42-21(7)36)22(34(10)11)13-17(3)41-30/h16-20,22-23,25-28,30,35,38H,12-15H2,1-11H3/t16-,17-,18+,19+,20-,22+,23-,25+,26-,27-,28-,30?,32+,33-/m1/s1.